The molecule has 1 aliphatic rings. The average Bonchev–Trinajstić information content (AvgIpc) is 2.98. The van der Waals surface area contributed by atoms with Crippen LogP contribution < -0.4 is 9.47 Å². The summed E-state index contributed by atoms with van der Waals surface area (Å²) in [7, 11) is 5.08. The molecule has 1 fully saturated rings. The van der Waals surface area contributed by atoms with Crippen molar-refractivity contribution in [2.24, 2.45) is 0 Å². The molecule has 0 saturated carbocycles. The molecule has 14 nitrogen and oxygen atoms in total. The Labute approximate surface area is 253 Å². The second-order valence-corrected chi connectivity index (χ2v) is 9.67. The maximum atomic E-state index is 13.4. The predicted octanol–water partition coefficient (Wildman–Crippen LogP) is 1.63. The fourth-order valence-electron chi connectivity index (χ4n) is 4.20. The number of carbonyl (C=O) groups is 5. The highest BCUT2D eigenvalue weighted by Crippen LogP contribution is 2.31. The fourth-order valence-corrected chi connectivity index (χ4v) is 4.20. The maximum Gasteiger partial charge on any atom is 0.414 e. The predicted molar refractivity (Wildman–Crippen MR) is 154 cm³/mol. The van der Waals surface area contributed by atoms with Crippen LogP contribution >= 0.6 is 0 Å². The monoisotopic (exact) mass is 623 g/mol. The normalized spacial score (nSPS) is 13.6. The number of aliphatic carboxylic acids is 4. The Hall–Kier alpha value is -4.76. The molecule has 1 unspecified atom stereocenters. The van der Waals surface area contributed by atoms with Gasteiger partial charge in [0.2, 0.25) is 5.91 Å². The smallest absolute Gasteiger partial charge is 0.414 e. The highest BCUT2D eigenvalue weighted by Gasteiger charge is 2.28. The number of piperazine rings is 1. The van der Waals surface area contributed by atoms with Gasteiger partial charge in [-0.1, -0.05) is 12.1 Å². The Balaban J connectivity index is 0.000000681. The van der Waals surface area contributed by atoms with Gasteiger partial charge in [0.1, 0.15) is 5.82 Å². The van der Waals surface area contributed by atoms with Gasteiger partial charge in [-0.05, 0) is 54.8 Å². The highest BCUT2D eigenvalue weighted by molar-refractivity contribution is 6.27. The first-order chi connectivity index (χ1) is 20.6. The largest absolute Gasteiger partial charge is 0.493 e. The summed E-state index contributed by atoms with van der Waals surface area (Å²) in [6.07, 6.45) is 0. The highest BCUT2D eigenvalue weighted by atomic mass is 19.1. The van der Waals surface area contributed by atoms with Crippen LogP contribution in [0.15, 0.2) is 36.4 Å². The fraction of sp³-hybridized carbons (Fsp3) is 0.414. The molecule has 15 heteroatoms. The van der Waals surface area contributed by atoms with E-state index in [9.17, 15) is 9.18 Å². The van der Waals surface area contributed by atoms with Gasteiger partial charge in [0.05, 0.1) is 20.3 Å². The molecule has 0 radical (unpaired) electrons. The summed E-state index contributed by atoms with van der Waals surface area (Å²) in [6, 6.07) is 10.3. The second-order valence-electron chi connectivity index (χ2n) is 9.67. The van der Waals surface area contributed by atoms with Crippen molar-refractivity contribution in [3.05, 3.63) is 58.9 Å². The Bertz CT molecular complexity index is 1270. The molecule has 3 rings (SSSR count). The van der Waals surface area contributed by atoms with E-state index in [0.717, 1.165) is 49.8 Å². The number of ether oxygens (including phenoxy) is 2. The number of hydrogen-bond donors (Lipinski definition) is 4. The van der Waals surface area contributed by atoms with E-state index in [0.29, 0.717) is 6.54 Å². The van der Waals surface area contributed by atoms with E-state index >= 15 is 0 Å². The van der Waals surface area contributed by atoms with Crippen LogP contribution in [0.2, 0.25) is 0 Å². The number of aryl methyl sites for hydroxylation is 1. The van der Waals surface area contributed by atoms with Gasteiger partial charge in [-0.25, -0.2) is 23.6 Å². The zero-order valence-electron chi connectivity index (χ0n) is 25.2. The number of amides is 1. The lowest BCUT2D eigenvalue weighted by Gasteiger charge is -2.38. The van der Waals surface area contributed by atoms with E-state index in [-0.39, 0.29) is 17.8 Å². The van der Waals surface area contributed by atoms with E-state index in [1.807, 2.05) is 25.1 Å². The first kappa shape index (κ1) is 37.3. The average molecular weight is 624 g/mol. The van der Waals surface area contributed by atoms with Crippen LogP contribution in [0, 0.1) is 12.7 Å². The topological polar surface area (TPSA) is 194 Å². The Morgan fingerprint density at radius 2 is 1.36 bits per heavy atom. The molecule has 242 valence electrons. The molecule has 0 spiro atoms. The molecule has 0 bridgehead atoms. The van der Waals surface area contributed by atoms with E-state index in [1.54, 1.807) is 32.2 Å². The summed E-state index contributed by atoms with van der Waals surface area (Å²) >= 11 is 0. The minimum atomic E-state index is -1.82. The van der Waals surface area contributed by atoms with E-state index in [2.05, 4.69) is 16.7 Å². The lowest BCUT2D eigenvalue weighted by Crippen LogP contribution is -2.53. The number of methoxy groups -OCH3 is 2. The zero-order valence-corrected chi connectivity index (χ0v) is 25.2. The van der Waals surface area contributed by atoms with Gasteiger partial charge >= 0.3 is 23.9 Å². The summed E-state index contributed by atoms with van der Waals surface area (Å²) in [5, 5.41) is 29.6. The number of halogens is 1. The van der Waals surface area contributed by atoms with Crippen molar-refractivity contribution in [3.63, 3.8) is 0 Å². The Kier molecular flexibility index (Phi) is 15.3. The Morgan fingerprint density at radius 1 is 0.864 bits per heavy atom. The van der Waals surface area contributed by atoms with Crippen LogP contribution in [-0.4, -0.2) is 118 Å². The van der Waals surface area contributed by atoms with E-state index < -0.39 is 23.9 Å². The third-order valence-electron chi connectivity index (χ3n) is 6.60. The van der Waals surface area contributed by atoms with Crippen LogP contribution in [0.3, 0.4) is 0 Å². The van der Waals surface area contributed by atoms with E-state index in [4.69, 9.17) is 49.1 Å². The van der Waals surface area contributed by atoms with E-state index in [1.165, 1.54) is 23.3 Å². The number of benzene rings is 2. The molecular formula is C29H38FN3O11. The van der Waals surface area contributed by atoms with Gasteiger partial charge in [-0.2, -0.15) is 0 Å². The number of likely N-dealkylation sites (N-methyl/N-ethyl adjacent to an activating group) is 1. The van der Waals surface area contributed by atoms with Gasteiger partial charge in [0.25, 0.3) is 0 Å². The van der Waals surface area contributed by atoms with Crippen LogP contribution in [0.25, 0.3) is 0 Å². The molecule has 44 heavy (non-hydrogen) atoms. The van der Waals surface area contributed by atoms with Crippen LogP contribution in [0.5, 0.6) is 11.5 Å². The van der Waals surface area contributed by atoms with Gasteiger partial charge in [-0.3, -0.25) is 14.6 Å². The molecule has 0 aromatic heterocycles. The van der Waals surface area contributed by atoms with Crippen molar-refractivity contribution in [2.75, 3.05) is 47.4 Å². The third-order valence-corrected chi connectivity index (χ3v) is 6.60. The molecule has 4 N–H and O–H groups in total. The number of hydrogen-bond acceptors (Lipinski definition) is 9. The molecule has 1 amide bonds. The van der Waals surface area contributed by atoms with Gasteiger partial charge < -0.3 is 34.8 Å². The van der Waals surface area contributed by atoms with Crippen LogP contribution in [0.1, 0.15) is 23.6 Å². The molecular weight excluding hydrogens is 585 g/mol. The van der Waals surface area contributed by atoms with Crippen molar-refractivity contribution < 1.29 is 58.3 Å². The maximum absolute atomic E-state index is 13.4. The van der Waals surface area contributed by atoms with Gasteiger partial charge in [-0.15, -0.1) is 0 Å². The third kappa shape index (κ3) is 12.2. The number of nitrogens with zero attached hydrogens (tertiary/aromatic N) is 3. The minimum absolute atomic E-state index is 0.0541. The zero-order chi connectivity index (χ0) is 33.6. The first-order valence-electron chi connectivity index (χ1n) is 13.2. The number of carboxylic acid groups (broad SMARTS) is 4. The molecule has 2 aromatic carbocycles. The van der Waals surface area contributed by atoms with Crippen LogP contribution in [-0.2, 0) is 37.1 Å². The van der Waals surface area contributed by atoms with Crippen molar-refractivity contribution in [2.45, 2.75) is 33.0 Å². The minimum Gasteiger partial charge on any atom is -0.493 e. The number of rotatable bonds is 8. The first-order valence-corrected chi connectivity index (χ1v) is 13.2. The molecule has 1 saturated heterocycles. The van der Waals surface area contributed by atoms with Gasteiger partial charge in [0.15, 0.2) is 11.5 Å². The van der Waals surface area contributed by atoms with Crippen LogP contribution in [0.4, 0.5) is 4.39 Å². The van der Waals surface area contributed by atoms with Gasteiger partial charge in [0, 0.05) is 46.3 Å². The quantitative estimate of drug-likeness (QED) is 0.310. The SMILES string of the molecule is COc1cc(C)c(CN2CCN(C(C)C(=O)N(C)Cc3cccc(F)c3)CC2)cc1OC.O=C(O)C(=O)O.O=C(O)C(=O)O. The van der Waals surface area contributed by atoms with Crippen molar-refractivity contribution in [1.29, 1.82) is 0 Å². The summed E-state index contributed by atoms with van der Waals surface area (Å²) in [4.78, 5) is 55.6. The number of carboxylic acids is 4. The summed E-state index contributed by atoms with van der Waals surface area (Å²) in [5.41, 5.74) is 3.19. The standard InChI is InChI=1S/C25H34FN3O3.2C2H2O4/c1-18-13-23(31-4)24(32-5)15-21(18)17-28-9-11-29(12-10-28)19(2)25(30)27(3)16-20-7-6-8-22(26)14-20;2*3-1(4)2(5)6/h6-8,13-15,19H,9-12,16-17H2,1-5H3;2*(H,3,4)(H,5,6). The summed E-state index contributed by atoms with van der Waals surface area (Å²) < 4.78 is 24.3. The molecule has 1 aliphatic heterocycles. The summed E-state index contributed by atoms with van der Waals surface area (Å²) in [6.45, 7) is 8.71. The van der Waals surface area contributed by atoms with Crippen molar-refractivity contribution in [1.82, 2.24) is 14.7 Å². The second kappa shape index (κ2) is 18.0. The lowest BCUT2D eigenvalue weighted by atomic mass is 10.1. The Morgan fingerprint density at radius 3 is 1.82 bits per heavy atom. The molecule has 1 heterocycles. The number of carbonyl (C=O) groups excluding carboxylic acids is 1. The van der Waals surface area contributed by atoms with Crippen molar-refractivity contribution in [3.8, 4) is 11.5 Å². The lowest BCUT2D eigenvalue weighted by molar-refractivity contribution is -0.159. The molecule has 0 aliphatic carbocycles. The molecule has 2 aromatic rings. The summed E-state index contributed by atoms with van der Waals surface area (Å²) in [5.74, 6) is -6.04. The van der Waals surface area contributed by atoms with Crippen molar-refractivity contribution >= 4 is 29.8 Å². The molecule has 1 atom stereocenters.